The number of rotatable bonds is 9. The van der Waals surface area contributed by atoms with Gasteiger partial charge in [0.25, 0.3) is 11.6 Å². The summed E-state index contributed by atoms with van der Waals surface area (Å²) in [7, 11) is 6.99. The summed E-state index contributed by atoms with van der Waals surface area (Å²) in [6, 6.07) is 9.69. The van der Waals surface area contributed by atoms with E-state index in [1.165, 1.54) is 29.5 Å². The van der Waals surface area contributed by atoms with Crippen LogP contribution in [0.1, 0.15) is 5.56 Å². The second kappa shape index (κ2) is 10.2. The van der Waals surface area contributed by atoms with Crippen molar-refractivity contribution in [3.05, 3.63) is 58.2 Å². The Morgan fingerprint density at radius 1 is 1.16 bits per heavy atom. The Balaban J connectivity index is 1.97. The monoisotopic (exact) mass is 456 g/mol. The van der Waals surface area contributed by atoms with E-state index in [1.54, 1.807) is 49.5 Å². The molecule has 0 aliphatic heterocycles. The van der Waals surface area contributed by atoms with Gasteiger partial charge in [-0.2, -0.15) is 0 Å². The van der Waals surface area contributed by atoms with Gasteiger partial charge < -0.3 is 14.4 Å². The van der Waals surface area contributed by atoms with Crippen LogP contribution >= 0.6 is 11.3 Å². The third kappa shape index (κ3) is 5.21. The average Bonchev–Trinajstić information content (AvgIpc) is 3.22. The molecule has 1 aromatic heterocycles. The SMILES string of the molecule is COc1ccc(OC)c2sc(N(CCN(C)C)C(=O)C=Cc3cccc([N+](=O)[O-])c3)nc12. The molecule has 0 aliphatic carbocycles. The highest BCUT2D eigenvalue weighted by Crippen LogP contribution is 2.40. The number of hydrogen-bond donors (Lipinski definition) is 0. The topological polar surface area (TPSA) is 98.0 Å². The van der Waals surface area contributed by atoms with Crippen LogP contribution in [0.4, 0.5) is 10.8 Å². The van der Waals surface area contributed by atoms with Crippen molar-refractivity contribution in [3.63, 3.8) is 0 Å². The van der Waals surface area contributed by atoms with Gasteiger partial charge in [-0.25, -0.2) is 4.98 Å². The molecule has 9 nitrogen and oxygen atoms in total. The fraction of sp³-hybridized carbons (Fsp3) is 0.273. The van der Waals surface area contributed by atoms with Crippen LogP contribution in [0.5, 0.6) is 11.5 Å². The van der Waals surface area contributed by atoms with Gasteiger partial charge in [0.05, 0.1) is 19.1 Å². The molecule has 3 rings (SSSR count). The van der Waals surface area contributed by atoms with Crippen LogP contribution in [0.3, 0.4) is 0 Å². The maximum absolute atomic E-state index is 13.1. The van der Waals surface area contributed by atoms with Crippen molar-refractivity contribution in [2.45, 2.75) is 0 Å². The van der Waals surface area contributed by atoms with Gasteiger partial charge in [-0.3, -0.25) is 19.8 Å². The van der Waals surface area contributed by atoms with Crippen molar-refractivity contribution < 1.29 is 19.2 Å². The zero-order chi connectivity index (χ0) is 23.3. The standard InChI is InChI=1S/C22H24N4O5S/c1-24(2)12-13-25(19(27)11-8-15-6-5-7-16(14-15)26(28)29)22-23-20-17(30-3)9-10-18(31-4)21(20)32-22/h5-11,14H,12-13H2,1-4H3. The van der Waals surface area contributed by atoms with Crippen molar-refractivity contribution >= 4 is 44.4 Å². The number of anilines is 1. The molecule has 2 aromatic carbocycles. The lowest BCUT2D eigenvalue weighted by Gasteiger charge is -2.20. The summed E-state index contributed by atoms with van der Waals surface area (Å²) in [5.41, 5.74) is 1.15. The van der Waals surface area contributed by atoms with Crippen LogP contribution in [-0.4, -0.2) is 62.1 Å². The lowest BCUT2D eigenvalue weighted by Crippen LogP contribution is -2.35. The third-order valence-corrected chi connectivity index (χ3v) is 5.76. The molecule has 0 saturated heterocycles. The summed E-state index contributed by atoms with van der Waals surface area (Å²) >= 11 is 1.34. The van der Waals surface area contributed by atoms with Crippen molar-refractivity contribution in [3.8, 4) is 11.5 Å². The molecule has 0 radical (unpaired) electrons. The van der Waals surface area contributed by atoms with Gasteiger partial charge in [0.15, 0.2) is 5.13 Å². The maximum atomic E-state index is 13.1. The number of carbonyl (C=O) groups is 1. The molecule has 0 saturated carbocycles. The van der Waals surface area contributed by atoms with Crippen LogP contribution in [0.25, 0.3) is 16.3 Å². The highest BCUT2D eigenvalue weighted by atomic mass is 32.1. The molecule has 10 heteroatoms. The van der Waals surface area contributed by atoms with E-state index in [9.17, 15) is 14.9 Å². The minimum Gasteiger partial charge on any atom is -0.495 e. The van der Waals surface area contributed by atoms with Gasteiger partial charge in [-0.15, -0.1) is 0 Å². The number of likely N-dealkylation sites (N-methyl/N-ethyl adjacent to an activating group) is 1. The normalized spacial score (nSPS) is 11.3. The first kappa shape index (κ1) is 23.2. The van der Waals surface area contributed by atoms with E-state index in [0.29, 0.717) is 40.8 Å². The number of nitro groups is 1. The van der Waals surface area contributed by atoms with Gasteiger partial charge in [0.2, 0.25) is 0 Å². The predicted molar refractivity (Wildman–Crippen MR) is 126 cm³/mol. The third-order valence-electron chi connectivity index (χ3n) is 4.67. The smallest absolute Gasteiger partial charge is 0.270 e. The van der Waals surface area contributed by atoms with E-state index >= 15 is 0 Å². The fourth-order valence-electron chi connectivity index (χ4n) is 2.99. The molecule has 1 heterocycles. The number of nitro benzene ring substituents is 1. The highest BCUT2D eigenvalue weighted by molar-refractivity contribution is 7.22. The first-order valence-electron chi connectivity index (χ1n) is 9.74. The van der Waals surface area contributed by atoms with Crippen molar-refractivity contribution in [2.24, 2.45) is 0 Å². The highest BCUT2D eigenvalue weighted by Gasteiger charge is 2.21. The van der Waals surface area contributed by atoms with E-state index in [1.807, 2.05) is 19.0 Å². The summed E-state index contributed by atoms with van der Waals surface area (Å²) < 4.78 is 11.7. The van der Waals surface area contributed by atoms with Gasteiger partial charge in [0.1, 0.15) is 21.7 Å². The van der Waals surface area contributed by atoms with E-state index < -0.39 is 4.92 Å². The second-order valence-corrected chi connectivity index (χ2v) is 8.10. The lowest BCUT2D eigenvalue weighted by atomic mass is 10.2. The first-order chi connectivity index (χ1) is 15.3. The number of nitrogens with zero attached hydrogens (tertiary/aromatic N) is 4. The molecule has 32 heavy (non-hydrogen) atoms. The van der Waals surface area contributed by atoms with E-state index in [-0.39, 0.29) is 11.6 Å². The second-order valence-electron chi connectivity index (χ2n) is 7.12. The van der Waals surface area contributed by atoms with Crippen molar-refractivity contribution in [2.75, 3.05) is 46.3 Å². The maximum Gasteiger partial charge on any atom is 0.270 e. The lowest BCUT2D eigenvalue weighted by molar-refractivity contribution is -0.384. The minimum atomic E-state index is -0.468. The Hall–Kier alpha value is -3.50. The van der Waals surface area contributed by atoms with E-state index in [2.05, 4.69) is 4.98 Å². The number of non-ortho nitro benzene ring substituents is 1. The Morgan fingerprint density at radius 3 is 2.53 bits per heavy atom. The number of hydrogen-bond acceptors (Lipinski definition) is 8. The molecule has 0 aliphatic rings. The molecule has 0 N–H and O–H groups in total. The summed E-state index contributed by atoms with van der Waals surface area (Å²) in [6.45, 7) is 1.04. The fourth-order valence-corrected chi connectivity index (χ4v) is 4.10. The van der Waals surface area contributed by atoms with Gasteiger partial charge in [-0.05, 0) is 37.9 Å². The van der Waals surface area contributed by atoms with Gasteiger partial charge >= 0.3 is 0 Å². The Kier molecular flexibility index (Phi) is 7.39. The Morgan fingerprint density at radius 2 is 1.88 bits per heavy atom. The summed E-state index contributed by atoms with van der Waals surface area (Å²) in [6.07, 6.45) is 2.96. The average molecular weight is 457 g/mol. The van der Waals surface area contributed by atoms with Crippen molar-refractivity contribution in [1.82, 2.24) is 9.88 Å². The summed E-state index contributed by atoms with van der Waals surface area (Å²) in [5, 5.41) is 11.5. The van der Waals surface area contributed by atoms with Crippen LogP contribution in [-0.2, 0) is 4.79 Å². The number of ether oxygens (including phenoxy) is 2. The first-order valence-corrected chi connectivity index (χ1v) is 10.6. The molecule has 0 unspecified atom stereocenters. The molecule has 0 spiro atoms. The molecule has 168 valence electrons. The number of aromatic nitrogens is 1. The number of methoxy groups -OCH3 is 2. The van der Waals surface area contributed by atoms with Gasteiger partial charge in [0, 0.05) is 31.3 Å². The van der Waals surface area contributed by atoms with Crippen LogP contribution in [0, 0.1) is 10.1 Å². The van der Waals surface area contributed by atoms with Crippen LogP contribution in [0.15, 0.2) is 42.5 Å². The quantitative estimate of drug-likeness (QED) is 0.274. The molecular formula is C22H24N4O5S. The number of thiazole rings is 1. The van der Waals surface area contributed by atoms with Crippen LogP contribution < -0.4 is 14.4 Å². The number of benzene rings is 2. The van der Waals surface area contributed by atoms with E-state index in [4.69, 9.17) is 9.47 Å². The zero-order valence-corrected chi connectivity index (χ0v) is 19.1. The largest absolute Gasteiger partial charge is 0.495 e. The Labute approximate surface area is 189 Å². The van der Waals surface area contributed by atoms with Gasteiger partial charge in [-0.1, -0.05) is 23.5 Å². The molecule has 3 aromatic rings. The van der Waals surface area contributed by atoms with Crippen LogP contribution in [0.2, 0.25) is 0 Å². The zero-order valence-electron chi connectivity index (χ0n) is 18.3. The molecule has 0 bridgehead atoms. The molecular weight excluding hydrogens is 432 g/mol. The molecule has 1 amide bonds. The Bertz CT molecular complexity index is 1120. The molecule has 0 fully saturated rings. The number of fused-ring (bicyclic) bond motifs is 1. The number of amides is 1. The molecule has 0 atom stereocenters. The minimum absolute atomic E-state index is 0.0329. The van der Waals surface area contributed by atoms with Crippen molar-refractivity contribution in [1.29, 1.82) is 0 Å². The summed E-state index contributed by atoms with van der Waals surface area (Å²) in [4.78, 5) is 31.9. The van der Waals surface area contributed by atoms with E-state index in [0.717, 1.165) is 4.70 Å². The predicted octanol–water partition coefficient (Wildman–Crippen LogP) is 3.83. The summed E-state index contributed by atoms with van der Waals surface area (Å²) in [5.74, 6) is 0.961. The number of carbonyl (C=O) groups excluding carboxylic acids is 1.